The van der Waals surface area contributed by atoms with E-state index in [-0.39, 0.29) is 24.5 Å². The topological polar surface area (TPSA) is 113 Å². The number of nitriles is 1. The average molecular weight is 402 g/mol. The second-order valence-corrected chi connectivity index (χ2v) is 7.36. The maximum absolute atomic E-state index is 12.6. The monoisotopic (exact) mass is 402 g/mol. The van der Waals surface area contributed by atoms with Crippen LogP contribution >= 0.6 is 0 Å². The van der Waals surface area contributed by atoms with Crippen LogP contribution in [-0.2, 0) is 16.0 Å². The number of ether oxygens (including phenoxy) is 1. The molecule has 1 amide bonds. The number of nitrogens with one attached hydrogen (secondary N) is 2. The third kappa shape index (κ3) is 4.53. The fourth-order valence-electron chi connectivity index (χ4n) is 3.63. The molecule has 0 spiro atoms. The molecular weight excluding hydrogens is 380 g/mol. The van der Waals surface area contributed by atoms with Crippen molar-refractivity contribution in [1.82, 2.24) is 15.0 Å². The van der Waals surface area contributed by atoms with Crippen LogP contribution in [-0.4, -0.2) is 39.6 Å². The van der Waals surface area contributed by atoms with Crippen molar-refractivity contribution in [3.05, 3.63) is 54.2 Å². The van der Waals surface area contributed by atoms with Crippen molar-refractivity contribution in [3.63, 3.8) is 0 Å². The lowest BCUT2D eigenvalue weighted by Crippen LogP contribution is -2.33. The number of hydrogen-bond acceptors (Lipinski definition) is 7. The Hall–Kier alpha value is -3.57. The highest BCUT2D eigenvalue weighted by Crippen LogP contribution is 2.33. The Labute approximate surface area is 174 Å². The molecule has 0 unspecified atom stereocenters. The first-order chi connectivity index (χ1) is 14.6. The lowest BCUT2D eigenvalue weighted by atomic mass is 10.0. The molecule has 2 N–H and O–H groups in total. The van der Waals surface area contributed by atoms with E-state index in [4.69, 9.17) is 4.74 Å². The van der Waals surface area contributed by atoms with Crippen LogP contribution in [0.15, 0.2) is 43.0 Å². The highest BCUT2D eigenvalue weighted by molar-refractivity contribution is 6.03. The highest BCUT2D eigenvalue weighted by Gasteiger charge is 2.22. The summed E-state index contributed by atoms with van der Waals surface area (Å²) in [7, 11) is 0. The van der Waals surface area contributed by atoms with E-state index in [2.05, 4.69) is 38.6 Å². The van der Waals surface area contributed by atoms with Crippen LogP contribution in [0, 0.1) is 11.3 Å². The molecule has 3 aromatic rings. The number of anilines is 2. The molecule has 0 bridgehead atoms. The van der Waals surface area contributed by atoms with Crippen LogP contribution in [0.25, 0.3) is 10.9 Å². The summed E-state index contributed by atoms with van der Waals surface area (Å²) in [6.07, 6.45) is 8.33. The molecular formula is C22H22N6O2. The number of benzene rings is 1. The van der Waals surface area contributed by atoms with Gasteiger partial charge >= 0.3 is 0 Å². The number of amides is 1. The van der Waals surface area contributed by atoms with Crippen molar-refractivity contribution in [2.75, 3.05) is 17.2 Å². The van der Waals surface area contributed by atoms with Crippen LogP contribution in [0.3, 0.4) is 0 Å². The molecule has 2 aromatic heterocycles. The minimum absolute atomic E-state index is 0.109. The zero-order valence-corrected chi connectivity index (χ0v) is 16.6. The van der Waals surface area contributed by atoms with Gasteiger partial charge in [-0.2, -0.15) is 5.26 Å². The third-order valence-corrected chi connectivity index (χ3v) is 5.06. The number of carbonyl (C=O) groups excluding carboxylic acids is 1. The average Bonchev–Trinajstić information content (AvgIpc) is 2.75. The zero-order chi connectivity index (χ0) is 20.9. The van der Waals surface area contributed by atoms with Gasteiger partial charge in [-0.1, -0.05) is 0 Å². The Morgan fingerprint density at radius 1 is 1.30 bits per heavy atom. The highest BCUT2D eigenvalue weighted by atomic mass is 16.5. The van der Waals surface area contributed by atoms with Gasteiger partial charge in [0.25, 0.3) is 0 Å². The molecule has 4 rings (SSSR count). The van der Waals surface area contributed by atoms with Gasteiger partial charge in [-0.05, 0) is 38.0 Å². The van der Waals surface area contributed by atoms with Crippen LogP contribution in [0.2, 0.25) is 0 Å². The zero-order valence-electron chi connectivity index (χ0n) is 16.6. The van der Waals surface area contributed by atoms with Gasteiger partial charge in [0.15, 0.2) is 0 Å². The van der Waals surface area contributed by atoms with E-state index in [0.29, 0.717) is 23.6 Å². The van der Waals surface area contributed by atoms with Gasteiger partial charge in [-0.25, -0.2) is 0 Å². The number of fused-ring (bicyclic) bond motifs is 1. The number of pyridine rings is 1. The number of rotatable bonds is 5. The van der Waals surface area contributed by atoms with E-state index in [9.17, 15) is 10.1 Å². The minimum Gasteiger partial charge on any atom is -0.380 e. The van der Waals surface area contributed by atoms with E-state index in [1.54, 1.807) is 36.9 Å². The first-order valence-electron chi connectivity index (χ1n) is 9.88. The SMILES string of the molecule is C[C@@H]1C[C@H](Nc2c(NC(=O)Cc3cnccn3)cnc3ccc(C#N)cc23)CCO1. The normalized spacial score (nSPS) is 18.5. The summed E-state index contributed by atoms with van der Waals surface area (Å²) in [4.78, 5) is 25.2. The number of carbonyl (C=O) groups is 1. The molecule has 1 saturated heterocycles. The fourth-order valence-corrected chi connectivity index (χ4v) is 3.63. The molecule has 1 aromatic carbocycles. The van der Waals surface area contributed by atoms with Crippen molar-refractivity contribution in [2.24, 2.45) is 0 Å². The Morgan fingerprint density at radius 3 is 2.97 bits per heavy atom. The summed E-state index contributed by atoms with van der Waals surface area (Å²) >= 11 is 0. The lowest BCUT2D eigenvalue weighted by Gasteiger charge is -2.30. The predicted molar refractivity (Wildman–Crippen MR) is 113 cm³/mol. The van der Waals surface area contributed by atoms with Crippen LogP contribution in [0.1, 0.15) is 31.0 Å². The smallest absolute Gasteiger partial charge is 0.230 e. The van der Waals surface area contributed by atoms with Crippen molar-refractivity contribution in [2.45, 2.75) is 38.3 Å². The standard InChI is InChI=1S/C22H22N6O2/c1-14-8-16(4-7-30-14)27-22-18-9-15(11-23)2-3-19(18)26-13-20(22)28-21(29)10-17-12-24-5-6-25-17/h2-3,5-6,9,12-14,16H,4,7-8,10H2,1H3,(H,26,27)(H,28,29)/t14-,16-/m1/s1. The quantitative estimate of drug-likeness (QED) is 0.674. The molecule has 3 heterocycles. The number of nitrogens with zero attached hydrogens (tertiary/aromatic N) is 4. The van der Waals surface area contributed by atoms with Crippen molar-refractivity contribution >= 4 is 28.2 Å². The minimum atomic E-state index is -0.212. The van der Waals surface area contributed by atoms with E-state index in [1.807, 2.05) is 6.07 Å². The van der Waals surface area contributed by atoms with Gasteiger partial charge in [0.2, 0.25) is 5.91 Å². The summed E-state index contributed by atoms with van der Waals surface area (Å²) < 4.78 is 5.65. The van der Waals surface area contributed by atoms with Crippen LogP contribution in [0.4, 0.5) is 11.4 Å². The molecule has 2 atom stereocenters. The summed E-state index contributed by atoms with van der Waals surface area (Å²) in [5.41, 5.74) is 3.22. The molecule has 8 heteroatoms. The molecule has 0 aliphatic carbocycles. The van der Waals surface area contributed by atoms with E-state index in [1.165, 1.54) is 0 Å². The molecule has 0 radical (unpaired) electrons. The molecule has 8 nitrogen and oxygen atoms in total. The van der Waals surface area contributed by atoms with Crippen LogP contribution < -0.4 is 10.6 Å². The second-order valence-electron chi connectivity index (χ2n) is 7.36. The maximum atomic E-state index is 12.6. The Balaban J connectivity index is 1.66. The largest absolute Gasteiger partial charge is 0.380 e. The number of hydrogen-bond donors (Lipinski definition) is 2. The molecule has 152 valence electrons. The van der Waals surface area contributed by atoms with Crippen molar-refractivity contribution < 1.29 is 9.53 Å². The molecule has 1 fully saturated rings. The molecule has 30 heavy (non-hydrogen) atoms. The lowest BCUT2D eigenvalue weighted by molar-refractivity contribution is -0.115. The van der Waals surface area contributed by atoms with Crippen molar-refractivity contribution in [3.8, 4) is 6.07 Å². The number of aromatic nitrogens is 3. The first kappa shape index (κ1) is 19.7. The molecule has 0 saturated carbocycles. The van der Waals surface area contributed by atoms with Gasteiger partial charge in [-0.3, -0.25) is 19.7 Å². The van der Waals surface area contributed by atoms with E-state index >= 15 is 0 Å². The Morgan fingerprint density at radius 2 is 2.20 bits per heavy atom. The molecule has 1 aliphatic rings. The van der Waals surface area contributed by atoms with Gasteiger partial charge < -0.3 is 15.4 Å². The Kier molecular flexibility index (Phi) is 5.82. The maximum Gasteiger partial charge on any atom is 0.230 e. The summed E-state index contributed by atoms with van der Waals surface area (Å²) in [6.45, 7) is 2.73. The van der Waals surface area contributed by atoms with E-state index < -0.39 is 0 Å². The van der Waals surface area contributed by atoms with Crippen molar-refractivity contribution in [1.29, 1.82) is 5.26 Å². The van der Waals surface area contributed by atoms with Gasteiger partial charge in [0, 0.05) is 36.6 Å². The van der Waals surface area contributed by atoms with Gasteiger partial charge in [-0.15, -0.1) is 0 Å². The van der Waals surface area contributed by atoms with E-state index in [0.717, 1.165) is 29.4 Å². The molecule has 1 aliphatic heterocycles. The van der Waals surface area contributed by atoms with Crippen LogP contribution in [0.5, 0.6) is 0 Å². The summed E-state index contributed by atoms with van der Waals surface area (Å²) in [5, 5.41) is 16.6. The summed E-state index contributed by atoms with van der Waals surface area (Å²) in [6, 6.07) is 7.72. The first-order valence-corrected chi connectivity index (χ1v) is 9.88. The second kappa shape index (κ2) is 8.84. The fraction of sp³-hybridized carbons (Fsp3) is 0.318. The predicted octanol–water partition coefficient (Wildman–Crippen LogP) is 3.06. The summed E-state index contributed by atoms with van der Waals surface area (Å²) in [5.74, 6) is -0.212. The Bertz CT molecular complexity index is 1100. The van der Waals surface area contributed by atoms with Gasteiger partial charge in [0.05, 0.1) is 52.9 Å². The van der Waals surface area contributed by atoms with Gasteiger partial charge in [0.1, 0.15) is 0 Å². The third-order valence-electron chi connectivity index (χ3n) is 5.06.